The zero-order valence-corrected chi connectivity index (χ0v) is 16.0. The van der Waals surface area contributed by atoms with Gasteiger partial charge in [0.15, 0.2) is 5.82 Å². The number of hydrogen-bond donors (Lipinski definition) is 1. The molecule has 2 aromatic carbocycles. The normalized spacial score (nSPS) is 15.0. The first-order chi connectivity index (χ1) is 13.2. The van der Waals surface area contributed by atoms with Crippen LogP contribution in [0.5, 0.6) is 0 Å². The third-order valence-electron chi connectivity index (χ3n) is 4.69. The van der Waals surface area contributed by atoms with E-state index in [1.165, 1.54) is 0 Å². The lowest BCUT2D eigenvalue weighted by Crippen LogP contribution is -2.44. The molecule has 1 aliphatic rings. The van der Waals surface area contributed by atoms with Crippen LogP contribution >= 0.6 is 11.6 Å². The Hall–Kier alpha value is -2.63. The van der Waals surface area contributed by atoms with Crippen LogP contribution in [0.1, 0.15) is 0 Å². The molecule has 0 radical (unpaired) electrons. The minimum atomic E-state index is 0.714. The van der Waals surface area contributed by atoms with Crippen LogP contribution < -0.4 is 10.2 Å². The molecule has 1 fully saturated rings. The lowest BCUT2D eigenvalue weighted by atomic mass is 10.2. The number of piperazine rings is 1. The zero-order valence-electron chi connectivity index (χ0n) is 15.3. The summed E-state index contributed by atoms with van der Waals surface area (Å²) in [5, 5.41) is 4.10. The minimum Gasteiger partial charge on any atom is -0.354 e. The Morgan fingerprint density at radius 1 is 0.889 bits per heavy atom. The average Bonchev–Trinajstić information content (AvgIpc) is 2.71. The fraction of sp³-hybridized carbons (Fsp3) is 0.238. The molecule has 3 aromatic rings. The number of rotatable bonds is 4. The van der Waals surface area contributed by atoms with Crippen LogP contribution in [0.3, 0.4) is 0 Å². The van der Waals surface area contributed by atoms with E-state index in [4.69, 9.17) is 21.6 Å². The zero-order chi connectivity index (χ0) is 18.6. The number of nitrogens with zero attached hydrogens (tertiary/aromatic N) is 4. The molecule has 0 aliphatic carbocycles. The number of likely N-dealkylation sites (N-methyl/N-ethyl adjacent to an activating group) is 1. The van der Waals surface area contributed by atoms with Crippen LogP contribution in [-0.4, -0.2) is 48.1 Å². The van der Waals surface area contributed by atoms with Crippen molar-refractivity contribution in [1.29, 1.82) is 0 Å². The van der Waals surface area contributed by atoms with E-state index in [0.29, 0.717) is 5.02 Å². The second-order valence-corrected chi connectivity index (χ2v) is 7.16. The molecule has 0 bridgehead atoms. The van der Waals surface area contributed by atoms with Gasteiger partial charge in [-0.05, 0) is 31.3 Å². The van der Waals surface area contributed by atoms with Gasteiger partial charge in [0.2, 0.25) is 0 Å². The largest absolute Gasteiger partial charge is 0.354 e. The van der Waals surface area contributed by atoms with E-state index in [9.17, 15) is 0 Å². The van der Waals surface area contributed by atoms with Crippen LogP contribution in [0.4, 0.5) is 17.3 Å². The molecule has 1 aromatic heterocycles. The SMILES string of the molecule is CN1CCN(c2cc(Nc3ccc(Cl)cc3)nc(-c3ccccc3)n2)CC1. The molecule has 2 heterocycles. The smallest absolute Gasteiger partial charge is 0.163 e. The summed E-state index contributed by atoms with van der Waals surface area (Å²) in [6.07, 6.45) is 0. The quantitative estimate of drug-likeness (QED) is 0.732. The molecule has 0 saturated carbocycles. The topological polar surface area (TPSA) is 44.3 Å². The number of benzene rings is 2. The van der Waals surface area contributed by atoms with Crippen molar-refractivity contribution in [3.63, 3.8) is 0 Å². The molecule has 138 valence electrons. The summed E-state index contributed by atoms with van der Waals surface area (Å²) in [4.78, 5) is 14.2. The summed E-state index contributed by atoms with van der Waals surface area (Å²) in [6, 6.07) is 19.7. The minimum absolute atomic E-state index is 0.714. The fourth-order valence-corrected chi connectivity index (χ4v) is 3.22. The maximum atomic E-state index is 5.99. The van der Waals surface area contributed by atoms with Crippen molar-refractivity contribution in [3.05, 3.63) is 65.7 Å². The van der Waals surface area contributed by atoms with Gasteiger partial charge in [-0.3, -0.25) is 0 Å². The number of hydrogen-bond acceptors (Lipinski definition) is 5. The third kappa shape index (κ3) is 4.38. The molecule has 5 nitrogen and oxygen atoms in total. The van der Waals surface area contributed by atoms with E-state index in [-0.39, 0.29) is 0 Å². The molecule has 0 unspecified atom stereocenters. The van der Waals surface area contributed by atoms with Crippen LogP contribution in [0, 0.1) is 0 Å². The second-order valence-electron chi connectivity index (χ2n) is 6.72. The highest BCUT2D eigenvalue weighted by atomic mass is 35.5. The molecule has 0 amide bonds. The van der Waals surface area contributed by atoms with Crippen molar-refractivity contribution >= 4 is 28.9 Å². The highest BCUT2D eigenvalue weighted by molar-refractivity contribution is 6.30. The van der Waals surface area contributed by atoms with Crippen LogP contribution in [0.2, 0.25) is 5.02 Å². The van der Waals surface area contributed by atoms with E-state index in [1.54, 1.807) is 0 Å². The van der Waals surface area contributed by atoms with Gasteiger partial charge in [0.05, 0.1) is 0 Å². The Bertz CT molecular complexity index is 890. The molecular weight excluding hydrogens is 358 g/mol. The van der Waals surface area contributed by atoms with Gasteiger partial charge in [-0.1, -0.05) is 41.9 Å². The number of anilines is 3. The lowest BCUT2D eigenvalue weighted by Gasteiger charge is -2.33. The van der Waals surface area contributed by atoms with Gasteiger partial charge in [-0.2, -0.15) is 0 Å². The summed E-state index contributed by atoms with van der Waals surface area (Å²) in [5.41, 5.74) is 1.95. The molecule has 27 heavy (non-hydrogen) atoms. The van der Waals surface area contributed by atoms with Crippen molar-refractivity contribution in [2.75, 3.05) is 43.4 Å². The Kier molecular flexibility index (Phi) is 5.23. The van der Waals surface area contributed by atoms with Gasteiger partial charge in [0.25, 0.3) is 0 Å². The van der Waals surface area contributed by atoms with Crippen molar-refractivity contribution < 1.29 is 0 Å². The van der Waals surface area contributed by atoms with E-state index < -0.39 is 0 Å². The van der Waals surface area contributed by atoms with Gasteiger partial charge < -0.3 is 15.1 Å². The van der Waals surface area contributed by atoms with Gasteiger partial charge >= 0.3 is 0 Å². The van der Waals surface area contributed by atoms with Crippen molar-refractivity contribution in [2.45, 2.75) is 0 Å². The Balaban J connectivity index is 1.69. The van der Waals surface area contributed by atoms with Crippen molar-refractivity contribution in [1.82, 2.24) is 14.9 Å². The number of aromatic nitrogens is 2. The van der Waals surface area contributed by atoms with Gasteiger partial charge in [0.1, 0.15) is 11.6 Å². The molecule has 6 heteroatoms. The van der Waals surface area contributed by atoms with Crippen LogP contribution in [-0.2, 0) is 0 Å². The van der Waals surface area contributed by atoms with Gasteiger partial charge in [0, 0.05) is 48.5 Å². The predicted octanol–water partition coefficient (Wildman–Crippen LogP) is 4.29. The van der Waals surface area contributed by atoms with Gasteiger partial charge in [-0.15, -0.1) is 0 Å². The van der Waals surface area contributed by atoms with E-state index in [0.717, 1.165) is 54.9 Å². The summed E-state index contributed by atoms with van der Waals surface area (Å²) in [5.74, 6) is 2.46. The van der Waals surface area contributed by atoms with Crippen LogP contribution in [0.15, 0.2) is 60.7 Å². The maximum absolute atomic E-state index is 5.99. The summed E-state index contributed by atoms with van der Waals surface area (Å²) in [6.45, 7) is 3.99. The average molecular weight is 380 g/mol. The molecule has 1 aliphatic heterocycles. The first-order valence-corrected chi connectivity index (χ1v) is 9.46. The third-order valence-corrected chi connectivity index (χ3v) is 4.94. The monoisotopic (exact) mass is 379 g/mol. The van der Waals surface area contributed by atoms with Gasteiger partial charge in [-0.25, -0.2) is 9.97 Å². The maximum Gasteiger partial charge on any atom is 0.163 e. The number of nitrogens with one attached hydrogen (secondary N) is 1. The van der Waals surface area contributed by atoms with E-state index in [1.807, 2.05) is 60.7 Å². The Morgan fingerprint density at radius 3 is 2.30 bits per heavy atom. The summed E-state index contributed by atoms with van der Waals surface area (Å²) < 4.78 is 0. The molecule has 0 spiro atoms. The molecule has 1 saturated heterocycles. The first kappa shape index (κ1) is 17.8. The van der Waals surface area contributed by atoms with Crippen LogP contribution in [0.25, 0.3) is 11.4 Å². The highest BCUT2D eigenvalue weighted by Gasteiger charge is 2.17. The van der Waals surface area contributed by atoms with E-state index >= 15 is 0 Å². The van der Waals surface area contributed by atoms with E-state index in [2.05, 4.69) is 22.2 Å². The number of halogens is 1. The second kappa shape index (κ2) is 7.94. The van der Waals surface area contributed by atoms with Crippen molar-refractivity contribution in [3.8, 4) is 11.4 Å². The molecular formula is C21H22ClN5. The molecule has 0 atom stereocenters. The predicted molar refractivity (Wildman–Crippen MR) is 112 cm³/mol. The summed E-state index contributed by atoms with van der Waals surface area (Å²) in [7, 11) is 2.15. The first-order valence-electron chi connectivity index (χ1n) is 9.08. The fourth-order valence-electron chi connectivity index (χ4n) is 3.09. The Labute approximate surface area is 164 Å². The highest BCUT2D eigenvalue weighted by Crippen LogP contribution is 2.25. The standard InChI is InChI=1S/C21H22ClN5/c1-26-11-13-27(14-12-26)20-15-19(23-18-9-7-17(22)8-10-18)24-21(25-20)16-5-3-2-4-6-16/h2-10,15H,11-14H2,1H3,(H,23,24,25). The molecule has 1 N–H and O–H groups in total. The van der Waals surface area contributed by atoms with Crippen molar-refractivity contribution in [2.24, 2.45) is 0 Å². The summed E-state index contributed by atoms with van der Waals surface area (Å²) >= 11 is 5.99. The molecule has 4 rings (SSSR count). The lowest BCUT2D eigenvalue weighted by molar-refractivity contribution is 0.312. The Morgan fingerprint density at radius 2 is 1.59 bits per heavy atom.